The molecule has 96 valence electrons. The minimum Gasteiger partial charge on any atom is -0.328 e. The lowest BCUT2D eigenvalue weighted by Crippen LogP contribution is -2.33. The minimum atomic E-state index is -0.0974. The fourth-order valence-corrected chi connectivity index (χ4v) is 3.55. The number of nitrogens with zero attached hydrogens (tertiary/aromatic N) is 1. The third kappa shape index (κ3) is 2.22. The summed E-state index contributed by atoms with van der Waals surface area (Å²) in [5.41, 5.74) is -0.0974. The van der Waals surface area contributed by atoms with Crippen LogP contribution in [0, 0.1) is 11.8 Å². The molecule has 1 spiro atoms. The molecule has 2 unspecified atom stereocenters. The van der Waals surface area contributed by atoms with E-state index in [0.29, 0.717) is 5.91 Å². The second-order valence-corrected chi connectivity index (χ2v) is 6.41. The first kappa shape index (κ1) is 11.5. The number of carbonyl (C=O) groups is 1. The van der Waals surface area contributed by atoms with Crippen LogP contribution in [0.5, 0.6) is 0 Å². The van der Waals surface area contributed by atoms with Gasteiger partial charge in [0.2, 0.25) is 5.91 Å². The highest BCUT2D eigenvalue weighted by Gasteiger charge is 2.55. The van der Waals surface area contributed by atoms with Crippen molar-refractivity contribution in [2.45, 2.75) is 57.4 Å². The van der Waals surface area contributed by atoms with Crippen molar-refractivity contribution in [2.75, 3.05) is 13.2 Å². The number of hydrogen-bond donors (Lipinski definition) is 1. The Labute approximate surface area is 104 Å². The van der Waals surface area contributed by atoms with Crippen LogP contribution >= 0.6 is 0 Å². The largest absolute Gasteiger partial charge is 0.328 e. The Morgan fingerprint density at radius 3 is 2.88 bits per heavy atom. The molecule has 3 fully saturated rings. The summed E-state index contributed by atoms with van der Waals surface area (Å²) in [4.78, 5) is 14.1. The number of amides is 1. The number of rotatable bonds is 3. The van der Waals surface area contributed by atoms with Crippen molar-refractivity contribution in [1.29, 1.82) is 0 Å². The third-order valence-electron chi connectivity index (χ3n) is 4.91. The van der Waals surface area contributed by atoms with E-state index in [9.17, 15) is 4.79 Å². The van der Waals surface area contributed by atoms with Crippen molar-refractivity contribution in [2.24, 2.45) is 11.8 Å². The SMILES string of the molecule is CC1CCCC(CCN2CNC3(CC3)C2=O)C1. The fraction of sp³-hybridized carbons (Fsp3) is 0.929. The quantitative estimate of drug-likeness (QED) is 0.814. The molecule has 17 heavy (non-hydrogen) atoms. The molecule has 3 heteroatoms. The summed E-state index contributed by atoms with van der Waals surface area (Å²) in [5, 5.41) is 3.38. The van der Waals surface area contributed by atoms with Crippen molar-refractivity contribution in [1.82, 2.24) is 10.2 Å². The molecule has 2 aliphatic carbocycles. The van der Waals surface area contributed by atoms with E-state index in [-0.39, 0.29) is 5.54 Å². The highest BCUT2D eigenvalue weighted by atomic mass is 16.2. The summed E-state index contributed by atoms with van der Waals surface area (Å²) < 4.78 is 0. The molecular formula is C14H24N2O. The Balaban J connectivity index is 1.46. The zero-order chi connectivity index (χ0) is 11.9. The maximum absolute atomic E-state index is 12.1. The minimum absolute atomic E-state index is 0.0974. The Hall–Kier alpha value is -0.570. The molecule has 0 aromatic heterocycles. The molecule has 1 aliphatic heterocycles. The zero-order valence-corrected chi connectivity index (χ0v) is 10.9. The summed E-state index contributed by atoms with van der Waals surface area (Å²) in [6, 6.07) is 0. The first-order chi connectivity index (χ1) is 8.20. The Morgan fingerprint density at radius 1 is 1.41 bits per heavy atom. The number of hydrogen-bond acceptors (Lipinski definition) is 2. The standard InChI is InChI=1S/C14H24N2O/c1-11-3-2-4-12(9-11)5-8-16-10-15-14(6-7-14)13(16)17/h11-12,15H,2-10H2,1H3. The molecule has 1 saturated heterocycles. The van der Waals surface area contributed by atoms with E-state index in [2.05, 4.69) is 12.2 Å². The average molecular weight is 236 g/mol. The molecule has 3 aliphatic rings. The van der Waals surface area contributed by atoms with Gasteiger partial charge < -0.3 is 4.90 Å². The van der Waals surface area contributed by atoms with E-state index in [0.717, 1.165) is 37.9 Å². The summed E-state index contributed by atoms with van der Waals surface area (Å²) in [5.74, 6) is 2.14. The van der Waals surface area contributed by atoms with Gasteiger partial charge in [0, 0.05) is 6.54 Å². The summed E-state index contributed by atoms with van der Waals surface area (Å²) in [6.45, 7) is 4.14. The highest BCUT2D eigenvalue weighted by molar-refractivity contribution is 5.91. The van der Waals surface area contributed by atoms with Crippen molar-refractivity contribution in [3.63, 3.8) is 0 Å². The van der Waals surface area contributed by atoms with Gasteiger partial charge in [0.25, 0.3) is 0 Å². The maximum atomic E-state index is 12.1. The van der Waals surface area contributed by atoms with Gasteiger partial charge in [-0.3, -0.25) is 10.1 Å². The molecule has 0 radical (unpaired) electrons. The molecule has 3 nitrogen and oxygen atoms in total. The van der Waals surface area contributed by atoms with Crippen molar-refractivity contribution < 1.29 is 4.79 Å². The fourth-order valence-electron chi connectivity index (χ4n) is 3.55. The van der Waals surface area contributed by atoms with E-state index >= 15 is 0 Å². The van der Waals surface area contributed by atoms with Crippen LogP contribution in [0.2, 0.25) is 0 Å². The van der Waals surface area contributed by atoms with Crippen LogP contribution in [-0.4, -0.2) is 29.6 Å². The third-order valence-corrected chi connectivity index (χ3v) is 4.91. The Kier molecular flexibility index (Phi) is 2.89. The predicted molar refractivity (Wildman–Crippen MR) is 67.4 cm³/mol. The van der Waals surface area contributed by atoms with Gasteiger partial charge in [0.05, 0.1) is 12.2 Å². The summed E-state index contributed by atoms with van der Waals surface area (Å²) in [7, 11) is 0. The molecule has 2 saturated carbocycles. The smallest absolute Gasteiger partial charge is 0.243 e. The van der Waals surface area contributed by atoms with Crippen LogP contribution in [0.3, 0.4) is 0 Å². The topological polar surface area (TPSA) is 32.3 Å². The van der Waals surface area contributed by atoms with E-state index < -0.39 is 0 Å². The normalized spacial score (nSPS) is 35.6. The molecule has 0 aromatic carbocycles. The lowest BCUT2D eigenvalue weighted by Gasteiger charge is -2.28. The highest BCUT2D eigenvalue weighted by Crippen LogP contribution is 2.40. The van der Waals surface area contributed by atoms with Gasteiger partial charge in [-0.05, 0) is 37.5 Å². The first-order valence-electron chi connectivity index (χ1n) is 7.24. The Bertz CT molecular complexity index is 311. The summed E-state index contributed by atoms with van der Waals surface area (Å²) in [6.07, 6.45) is 8.89. The average Bonchev–Trinajstić information content (AvgIpc) is 3.03. The molecule has 1 N–H and O–H groups in total. The monoisotopic (exact) mass is 236 g/mol. The molecule has 2 atom stereocenters. The van der Waals surface area contributed by atoms with Crippen LogP contribution in [0.15, 0.2) is 0 Å². The second kappa shape index (κ2) is 4.27. The molecule has 0 aromatic rings. The van der Waals surface area contributed by atoms with Gasteiger partial charge >= 0.3 is 0 Å². The van der Waals surface area contributed by atoms with Gasteiger partial charge in [0.15, 0.2) is 0 Å². The Morgan fingerprint density at radius 2 is 2.24 bits per heavy atom. The molecule has 1 amide bonds. The van der Waals surface area contributed by atoms with Crippen molar-refractivity contribution >= 4 is 5.91 Å². The van der Waals surface area contributed by atoms with E-state index in [4.69, 9.17) is 0 Å². The summed E-state index contributed by atoms with van der Waals surface area (Å²) >= 11 is 0. The van der Waals surface area contributed by atoms with Crippen LogP contribution in [-0.2, 0) is 4.79 Å². The van der Waals surface area contributed by atoms with Gasteiger partial charge in [0.1, 0.15) is 0 Å². The van der Waals surface area contributed by atoms with Gasteiger partial charge in [-0.1, -0.05) is 26.2 Å². The van der Waals surface area contributed by atoms with Crippen molar-refractivity contribution in [3.8, 4) is 0 Å². The molecule has 3 rings (SSSR count). The molecule has 1 heterocycles. The van der Waals surface area contributed by atoms with Crippen LogP contribution in [0.25, 0.3) is 0 Å². The van der Waals surface area contributed by atoms with E-state index in [1.165, 1.54) is 32.1 Å². The number of nitrogens with one attached hydrogen (secondary N) is 1. The molecule has 0 bridgehead atoms. The van der Waals surface area contributed by atoms with Gasteiger partial charge in [-0.15, -0.1) is 0 Å². The zero-order valence-electron chi connectivity index (χ0n) is 10.9. The lowest BCUT2D eigenvalue weighted by molar-refractivity contribution is -0.129. The second-order valence-electron chi connectivity index (χ2n) is 6.41. The van der Waals surface area contributed by atoms with E-state index in [1.807, 2.05) is 4.90 Å². The predicted octanol–water partition coefficient (Wildman–Crippen LogP) is 2.12. The molecular weight excluding hydrogens is 212 g/mol. The number of carbonyl (C=O) groups excluding carboxylic acids is 1. The van der Waals surface area contributed by atoms with Gasteiger partial charge in [-0.25, -0.2) is 0 Å². The van der Waals surface area contributed by atoms with Crippen LogP contribution in [0.4, 0.5) is 0 Å². The van der Waals surface area contributed by atoms with Crippen molar-refractivity contribution in [3.05, 3.63) is 0 Å². The lowest BCUT2D eigenvalue weighted by atomic mass is 9.81. The maximum Gasteiger partial charge on any atom is 0.243 e. The van der Waals surface area contributed by atoms with Crippen LogP contribution in [0.1, 0.15) is 51.9 Å². The first-order valence-corrected chi connectivity index (χ1v) is 7.24. The van der Waals surface area contributed by atoms with Gasteiger partial charge in [-0.2, -0.15) is 0 Å². The van der Waals surface area contributed by atoms with E-state index in [1.54, 1.807) is 0 Å². The van der Waals surface area contributed by atoms with Crippen LogP contribution < -0.4 is 5.32 Å².